The van der Waals surface area contributed by atoms with E-state index in [2.05, 4.69) is 56.8 Å². The van der Waals surface area contributed by atoms with Gasteiger partial charge in [0.05, 0.1) is 14.2 Å². The van der Waals surface area contributed by atoms with Crippen molar-refractivity contribution < 1.29 is 53.2 Å². The molecule has 0 heterocycles. The molecule has 0 amide bonds. The van der Waals surface area contributed by atoms with Crippen LogP contribution in [-0.2, 0) is 77.6 Å². The summed E-state index contributed by atoms with van der Waals surface area (Å²) in [6.07, 6.45) is 12.4. The minimum atomic E-state index is -0.0994. The summed E-state index contributed by atoms with van der Waals surface area (Å²) >= 11 is 8.15. The van der Waals surface area contributed by atoms with Crippen LogP contribution in [0.15, 0.2) is 71.5 Å². The Bertz CT molecular complexity index is 886. The van der Waals surface area contributed by atoms with Crippen LogP contribution in [0.2, 0.25) is 0 Å². The average molecular weight is 634 g/mol. The molecule has 204 valence electrons. The Hall–Kier alpha value is -1.96. The van der Waals surface area contributed by atoms with E-state index < -0.39 is 0 Å². The van der Waals surface area contributed by atoms with Crippen molar-refractivity contribution in [3.63, 3.8) is 0 Å². The molecule has 0 bridgehead atoms. The second-order valence-electron chi connectivity index (χ2n) is 6.29. The first-order valence-electron chi connectivity index (χ1n) is 10.2. The van der Waals surface area contributed by atoms with Gasteiger partial charge in [-0.3, -0.25) is 20.2 Å². The van der Waals surface area contributed by atoms with Crippen molar-refractivity contribution in [2.24, 2.45) is 0 Å². The van der Waals surface area contributed by atoms with E-state index >= 15 is 0 Å². The Kier molecular flexibility index (Phi) is 21.3. The van der Waals surface area contributed by atoms with E-state index in [0.717, 1.165) is 13.1 Å². The van der Waals surface area contributed by atoms with E-state index in [0.29, 0.717) is 32.9 Å². The summed E-state index contributed by atoms with van der Waals surface area (Å²) in [5.74, 6) is 1.05. The second kappa shape index (κ2) is 21.2. The van der Waals surface area contributed by atoms with E-state index in [1.165, 1.54) is 24.6 Å². The normalized spacial score (nSPS) is 16.0. The number of nitrogens with zero attached hydrogens (tertiary/aromatic N) is 2. The van der Waals surface area contributed by atoms with Gasteiger partial charge in [0.1, 0.15) is 11.5 Å². The minimum absolute atomic E-state index is 0. The van der Waals surface area contributed by atoms with Crippen molar-refractivity contribution in [3.8, 4) is 0 Å². The van der Waals surface area contributed by atoms with Gasteiger partial charge in [-0.2, -0.15) is 0 Å². The van der Waals surface area contributed by atoms with Crippen molar-refractivity contribution in [1.82, 2.24) is 21.5 Å². The maximum Gasteiger partial charge on any atom is 2.00 e. The van der Waals surface area contributed by atoms with Gasteiger partial charge in [0.15, 0.2) is 46.2 Å². The van der Waals surface area contributed by atoms with Crippen LogP contribution in [0.5, 0.6) is 0 Å². The van der Waals surface area contributed by atoms with E-state index in [9.17, 15) is 9.59 Å². The predicted molar refractivity (Wildman–Crippen MR) is 143 cm³/mol. The molecule has 0 saturated heterocycles. The van der Waals surface area contributed by atoms with E-state index in [-0.39, 0.29) is 45.7 Å². The van der Waals surface area contributed by atoms with Crippen LogP contribution in [0, 0.1) is 0 Å². The van der Waals surface area contributed by atoms with Gasteiger partial charge in [-0.1, -0.05) is 13.8 Å². The summed E-state index contributed by atoms with van der Waals surface area (Å²) in [6, 6.07) is 0. The topological polar surface area (TPSA) is 129 Å². The molecule has 2 radical (unpaired) electrons. The largest absolute Gasteiger partial charge is 2.00 e. The van der Waals surface area contributed by atoms with Crippen LogP contribution in [0.4, 0.5) is 0 Å². The Labute approximate surface area is 243 Å². The number of allylic oxidation sites excluding steroid dienone is 8. The Morgan fingerprint density at radius 1 is 0.806 bits per heavy atom. The first-order chi connectivity index (χ1) is 16.3. The van der Waals surface area contributed by atoms with Gasteiger partial charge in [0.2, 0.25) is 0 Å². The van der Waals surface area contributed by atoms with E-state index in [1.807, 2.05) is 13.8 Å². The van der Waals surface area contributed by atoms with Gasteiger partial charge in [-0.05, 0) is 61.9 Å². The summed E-state index contributed by atoms with van der Waals surface area (Å²) < 4.78 is 10.1. The number of carbonyl (C=O) groups is 2. The van der Waals surface area contributed by atoms with Gasteiger partial charge in [0, 0.05) is 28.2 Å². The average Bonchev–Trinajstić information content (AvgIpc) is 2.82. The molecular formula is C22H30Cu2N6O4S2+2. The van der Waals surface area contributed by atoms with Crippen molar-refractivity contribution in [2.75, 3.05) is 27.3 Å². The molecular weight excluding hydrogens is 604 g/mol. The summed E-state index contributed by atoms with van der Waals surface area (Å²) in [5.41, 5.74) is 14.0. The maximum absolute atomic E-state index is 11.5. The van der Waals surface area contributed by atoms with E-state index in [1.54, 1.807) is 38.5 Å². The molecule has 2 rings (SSSR count). The molecule has 0 aromatic heterocycles. The van der Waals surface area contributed by atoms with Gasteiger partial charge >= 0.3 is 17.1 Å². The van der Waals surface area contributed by atoms with Crippen LogP contribution in [0.25, 0.3) is 10.9 Å². The molecule has 0 aromatic rings. The Balaban J connectivity index is 0. The minimum Gasteiger partial charge on any atom is -0.497 e. The third-order valence-electron chi connectivity index (χ3n) is 3.88. The summed E-state index contributed by atoms with van der Waals surface area (Å²) in [7, 11) is 3.10. The Morgan fingerprint density at radius 2 is 1.17 bits per heavy atom. The zero-order valence-corrected chi connectivity index (χ0v) is 23.7. The van der Waals surface area contributed by atoms with Crippen LogP contribution in [0.1, 0.15) is 13.8 Å². The molecule has 4 N–H and O–H groups in total. The molecule has 0 aromatic carbocycles. The SMILES string of the molecule is CCNC(=[SH+])[N-]NC=C1C=C(OC)C=CC1=O.CCNC(=[SH+])[N-]NC=C1C=C(OC)C=CC1=O.[Cu+2].[Cu]. The third-order valence-corrected chi connectivity index (χ3v) is 4.40. The number of rotatable bonds is 8. The number of hydrogen-bond acceptors (Lipinski definition) is 6. The van der Waals surface area contributed by atoms with Crippen molar-refractivity contribution in [2.45, 2.75) is 13.8 Å². The van der Waals surface area contributed by atoms with Crippen LogP contribution in [-0.4, -0.2) is 49.1 Å². The zero-order valence-electron chi connectivity index (χ0n) is 20.1. The zero-order chi connectivity index (χ0) is 25.3. The molecule has 0 saturated carbocycles. The fourth-order valence-corrected chi connectivity index (χ4v) is 2.69. The quantitative estimate of drug-likeness (QED) is 0.0772. The van der Waals surface area contributed by atoms with E-state index in [4.69, 9.17) is 9.47 Å². The van der Waals surface area contributed by atoms with Crippen LogP contribution < -0.4 is 21.5 Å². The predicted octanol–water partition coefficient (Wildman–Crippen LogP) is 0.783. The van der Waals surface area contributed by atoms with Crippen LogP contribution >= 0.6 is 0 Å². The van der Waals surface area contributed by atoms with Crippen molar-refractivity contribution >= 4 is 46.2 Å². The summed E-state index contributed by atoms with van der Waals surface area (Å²) in [5, 5.41) is 6.71. The number of ether oxygens (including phenoxy) is 2. The first kappa shape index (κ1) is 36.2. The number of nitrogens with one attached hydrogen (secondary N) is 4. The van der Waals surface area contributed by atoms with Gasteiger partial charge in [0.25, 0.3) is 0 Å². The number of carbonyl (C=O) groups excluding carboxylic acids is 2. The number of hydrogen-bond donors (Lipinski definition) is 4. The van der Waals surface area contributed by atoms with Gasteiger partial charge in [-0.25, -0.2) is 0 Å². The molecule has 2 aliphatic carbocycles. The number of ketones is 2. The molecule has 0 fully saturated rings. The maximum atomic E-state index is 11.5. The Morgan fingerprint density at radius 3 is 1.47 bits per heavy atom. The van der Waals surface area contributed by atoms with Crippen molar-refractivity contribution in [1.29, 1.82) is 0 Å². The fourth-order valence-electron chi connectivity index (χ4n) is 2.25. The van der Waals surface area contributed by atoms with Crippen LogP contribution in [0.3, 0.4) is 0 Å². The number of thiol groups is 2. The molecule has 0 spiro atoms. The molecule has 0 aliphatic heterocycles. The molecule has 0 atom stereocenters. The third kappa shape index (κ3) is 14.6. The van der Waals surface area contributed by atoms with Crippen molar-refractivity contribution in [3.05, 3.63) is 82.4 Å². The fraction of sp³-hybridized carbons (Fsp3) is 0.273. The number of methoxy groups -OCH3 is 2. The first-order valence-corrected chi connectivity index (χ1v) is 11.1. The van der Waals surface area contributed by atoms with Gasteiger partial charge < -0.3 is 31.2 Å². The molecule has 36 heavy (non-hydrogen) atoms. The van der Waals surface area contributed by atoms with Gasteiger partial charge in [-0.15, -0.1) is 0 Å². The second-order valence-corrected chi connectivity index (χ2v) is 7.13. The molecule has 14 heteroatoms. The molecule has 2 aliphatic rings. The monoisotopic (exact) mass is 632 g/mol. The summed E-state index contributed by atoms with van der Waals surface area (Å²) in [4.78, 5) is 23.0. The standard InChI is InChI=1S/2C11H15N3O2S.2Cu/c2*1-3-12-11(17)14-13-7-8-6-9(16-2)4-5-10(8)15;;/h2*4-7H,3H2,1-2H3,(H3,12,13,14,15,17);;/q;;;+2. The molecule has 0 unspecified atom stereocenters. The summed E-state index contributed by atoms with van der Waals surface area (Å²) in [6.45, 7) is 5.34. The smallest absolute Gasteiger partial charge is 0.497 e. The molecule has 10 nitrogen and oxygen atoms in total.